The summed E-state index contributed by atoms with van der Waals surface area (Å²) in [7, 11) is 0. The van der Waals surface area contributed by atoms with E-state index in [1.165, 1.54) is 25.7 Å². The van der Waals surface area contributed by atoms with Crippen LogP contribution >= 0.6 is 11.3 Å². The van der Waals surface area contributed by atoms with Crippen LogP contribution in [-0.2, 0) is 0 Å². The highest BCUT2D eigenvalue weighted by atomic mass is 32.1. The summed E-state index contributed by atoms with van der Waals surface area (Å²) in [5.74, 6) is 3.02. The molecule has 0 unspecified atom stereocenters. The highest BCUT2D eigenvalue weighted by Gasteiger charge is 2.40. The zero-order chi connectivity index (χ0) is 9.38. The molecule has 3 rings (SSSR count). The van der Waals surface area contributed by atoms with Gasteiger partial charge in [0.05, 0.1) is 0 Å². The molecule has 0 atom stereocenters. The summed E-state index contributed by atoms with van der Waals surface area (Å²) in [4.78, 5) is 4.26. The molecule has 14 heavy (non-hydrogen) atoms. The Morgan fingerprint density at radius 1 is 1.36 bits per heavy atom. The summed E-state index contributed by atoms with van der Waals surface area (Å²) in [6.45, 7) is 1.16. The molecule has 1 aromatic rings. The van der Waals surface area contributed by atoms with Gasteiger partial charge < -0.3 is 5.32 Å². The van der Waals surface area contributed by atoms with Crippen LogP contribution in [0.2, 0.25) is 0 Å². The lowest BCUT2D eigenvalue weighted by Gasteiger charge is -2.15. The Kier molecular flexibility index (Phi) is 2.20. The second-order valence-electron chi connectivity index (χ2n) is 4.56. The number of nitrogens with zero attached hydrogens (tertiary/aromatic N) is 1. The van der Waals surface area contributed by atoms with E-state index < -0.39 is 0 Å². The fourth-order valence-electron chi connectivity index (χ4n) is 2.28. The first-order chi connectivity index (χ1) is 6.93. The van der Waals surface area contributed by atoms with E-state index in [2.05, 4.69) is 10.3 Å². The topological polar surface area (TPSA) is 24.9 Å². The standard InChI is InChI=1S/C11H16N2S/c1-2-8(1)10(9-3-4-9)7-13-11-12-5-6-14-11/h5-6,8-10H,1-4,7H2,(H,12,13). The SMILES string of the molecule is c1csc(NCC(C2CC2)C2CC2)n1. The van der Waals surface area contributed by atoms with E-state index in [4.69, 9.17) is 0 Å². The van der Waals surface area contributed by atoms with Crippen LogP contribution < -0.4 is 5.32 Å². The molecule has 0 amide bonds. The van der Waals surface area contributed by atoms with Gasteiger partial charge in [0, 0.05) is 18.1 Å². The van der Waals surface area contributed by atoms with E-state index in [1.807, 2.05) is 11.6 Å². The van der Waals surface area contributed by atoms with Crippen LogP contribution in [0.1, 0.15) is 25.7 Å². The maximum atomic E-state index is 4.26. The van der Waals surface area contributed by atoms with Crippen molar-refractivity contribution in [2.45, 2.75) is 25.7 Å². The minimum atomic E-state index is 0.943. The molecule has 0 aromatic carbocycles. The van der Waals surface area contributed by atoms with E-state index in [0.29, 0.717) is 0 Å². The first-order valence-corrected chi connectivity index (χ1v) is 6.45. The van der Waals surface area contributed by atoms with E-state index >= 15 is 0 Å². The molecule has 0 radical (unpaired) electrons. The number of anilines is 1. The lowest BCUT2D eigenvalue weighted by Crippen LogP contribution is -2.18. The van der Waals surface area contributed by atoms with Crippen molar-refractivity contribution < 1.29 is 0 Å². The lowest BCUT2D eigenvalue weighted by atomic mass is 9.98. The summed E-state index contributed by atoms with van der Waals surface area (Å²) in [6.07, 6.45) is 7.76. The Labute approximate surface area is 88.7 Å². The van der Waals surface area contributed by atoms with E-state index in [9.17, 15) is 0 Å². The van der Waals surface area contributed by atoms with Crippen LogP contribution in [-0.4, -0.2) is 11.5 Å². The van der Waals surface area contributed by atoms with Gasteiger partial charge >= 0.3 is 0 Å². The van der Waals surface area contributed by atoms with Gasteiger partial charge in [-0.3, -0.25) is 0 Å². The number of nitrogens with one attached hydrogen (secondary N) is 1. The Bertz CT molecular complexity index is 276. The van der Waals surface area contributed by atoms with Crippen LogP contribution in [0.25, 0.3) is 0 Å². The normalized spacial score (nSPS) is 21.5. The van der Waals surface area contributed by atoms with Gasteiger partial charge in [-0.1, -0.05) is 0 Å². The summed E-state index contributed by atoms with van der Waals surface area (Å²) in [5.41, 5.74) is 0. The Balaban J connectivity index is 1.54. The van der Waals surface area contributed by atoms with Crippen LogP contribution in [0, 0.1) is 17.8 Å². The van der Waals surface area contributed by atoms with Gasteiger partial charge in [-0.2, -0.15) is 0 Å². The van der Waals surface area contributed by atoms with Gasteiger partial charge in [0.25, 0.3) is 0 Å². The van der Waals surface area contributed by atoms with Crippen LogP contribution in [0.5, 0.6) is 0 Å². The van der Waals surface area contributed by atoms with Crippen molar-refractivity contribution in [2.75, 3.05) is 11.9 Å². The van der Waals surface area contributed by atoms with Gasteiger partial charge in [-0.15, -0.1) is 11.3 Å². The second kappa shape index (κ2) is 3.54. The number of thiazole rings is 1. The third-order valence-corrected chi connectivity index (χ3v) is 4.11. The van der Waals surface area contributed by atoms with Crippen molar-refractivity contribution in [1.82, 2.24) is 4.98 Å². The summed E-state index contributed by atoms with van der Waals surface area (Å²) < 4.78 is 0. The fourth-order valence-corrected chi connectivity index (χ4v) is 2.82. The largest absolute Gasteiger partial charge is 0.361 e. The quantitative estimate of drug-likeness (QED) is 0.804. The summed E-state index contributed by atoms with van der Waals surface area (Å²) >= 11 is 1.71. The summed E-state index contributed by atoms with van der Waals surface area (Å²) in [5, 5.41) is 6.60. The van der Waals surface area contributed by atoms with Crippen molar-refractivity contribution >= 4 is 16.5 Å². The average molecular weight is 208 g/mol. The predicted molar refractivity (Wildman–Crippen MR) is 59.5 cm³/mol. The minimum absolute atomic E-state index is 0.943. The van der Waals surface area contributed by atoms with E-state index in [0.717, 1.165) is 29.4 Å². The van der Waals surface area contributed by atoms with Crippen molar-refractivity contribution in [3.05, 3.63) is 11.6 Å². The molecular weight excluding hydrogens is 192 g/mol. The monoisotopic (exact) mass is 208 g/mol. The molecule has 2 aliphatic carbocycles. The molecule has 2 nitrogen and oxygen atoms in total. The number of hydrogen-bond donors (Lipinski definition) is 1. The zero-order valence-corrected chi connectivity index (χ0v) is 9.09. The molecule has 0 aliphatic heterocycles. The Hall–Kier alpha value is -0.570. The third kappa shape index (κ3) is 1.92. The van der Waals surface area contributed by atoms with Crippen LogP contribution in [0.3, 0.4) is 0 Å². The van der Waals surface area contributed by atoms with E-state index in [-0.39, 0.29) is 0 Å². The molecule has 2 saturated carbocycles. The first kappa shape index (κ1) is 8.72. The van der Waals surface area contributed by atoms with Crippen LogP contribution in [0.15, 0.2) is 11.6 Å². The highest BCUT2D eigenvalue weighted by molar-refractivity contribution is 7.13. The molecule has 0 bridgehead atoms. The molecular formula is C11H16N2S. The molecule has 3 heteroatoms. The van der Waals surface area contributed by atoms with Gasteiger partial charge in [0.15, 0.2) is 5.13 Å². The zero-order valence-electron chi connectivity index (χ0n) is 8.28. The van der Waals surface area contributed by atoms with Crippen molar-refractivity contribution in [3.63, 3.8) is 0 Å². The molecule has 2 aliphatic rings. The van der Waals surface area contributed by atoms with Crippen molar-refractivity contribution in [1.29, 1.82) is 0 Å². The molecule has 2 fully saturated rings. The van der Waals surface area contributed by atoms with Gasteiger partial charge in [0.2, 0.25) is 0 Å². The number of hydrogen-bond acceptors (Lipinski definition) is 3. The van der Waals surface area contributed by atoms with Crippen molar-refractivity contribution in [2.24, 2.45) is 17.8 Å². The maximum Gasteiger partial charge on any atom is 0.182 e. The third-order valence-electron chi connectivity index (χ3n) is 3.38. The van der Waals surface area contributed by atoms with Crippen LogP contribution in [0.4, 0.5) is 5.13 Å². The Morgan fingerprint density at radius 2 is 2.07 bits per heavy atom. The molecule has 0 saturated heterocycles. The maximum absolute atomic E-state index is 4.26. The second-order valence-corrected chi connectivity index (χ2v) is 5.45. The molecule has 1 heterocycles. The smallest absolute Gasteiger partial charge is 0.182 e. The van der Waals surface area contributed by atoms with E-state index in [1.54, 1.807) is 11.3 Å². The molecule has 1 N–H and O–H groups in total. The van der Waals surface area contributed by atoms with Gasteiger partial charge in [-0.05, 0) is 43.4 Å². The average Bonchev–Trinajstić information content (AvgIpc) is 3.09. The van der Waals surface area contributed by atoms with Gasteiger partial charge in [-0.25, -0.2) is 4.98 Å². The number of aromatic nitrogens is 1. The molecule has 0 spiro atoms. The van der Waals surface area contributed by atoms with Gasteiger partial charge in [0.1, 0.15) is 0 Å². The Morgan fingerprint density at radius 3 is 2.57 bits per heavy atom. The summed E-state index contributed by atoms with van der Waals surface area (Å²) in [6, 6.07) is 0. The fraction of sp³-hybridized carbons (Fsp3) is 0.727. The predicted octanol–water partition coefficient (Wildman–Crippen LogP) is 2.99. The lowest BCUT2D eigenvalue weighted by molar-refractivity contribution is 0.428. The first-order valence-electron chi connectivity index (χ1n) is 5.57. The molecule has 76 valence electrons. The minimum Gasteiger partial charge on any atom is -0.361 e. The van der Waals surface area contributed by atoms with Crippen molar-refractivity contribution in [3.8, 4) is 0 Å². The number of rotatable bonds is 5. The molecule has 1 aromatic heterocycles. The highest BCUT2D eigenvalue weighted by Crippen LogP contribution is 2.49.